The topological polar surface area (TPSA) is 36.4 Å². The van der Waals surface area contributed by atoms with Crippen LogP contribution >= 0.6 is 22.7 Å². The normalized spacial score (nSPS) is 12.6. The van der Waals surface area contributed by atoms with E-state index < -0.39 is 6.10 Å². The molecule has 0 bridgehead atoms. The zero-order valence-corrected chi connectivity index (χ0v) is 13.8. The van der Waals surface area contributed by atoms with Crippen molar-refractivity contribution in [2.75, 3.05) is 6.54 Å². The summed E-state index contributed by atoms with van der Waals surface area (Å²) in [6.45, 7) is 2.16. The Morgan fingerprint density at radius 3 is 2.64 bits per heavy atom. The number of aromatic nitrogens is 1. The maximum atomic E-state index is 10.4. The highest BCUT2D eigenvalue weighted by Gasteiger charge is 2.16. The number of thiophene rings is 1. The van der Waals surface area contributed by atoms with E-state index in [2.05, 4.69) is 27.4 Å². The molecule has 1 aromatic carbocycles. The van der Waals surface area contributed by atoms with Crippen molar-refractivity contribution in [3.63, 3.8) is 0 Å². The van der Waals surface area contributed by atoms with Crippen LogP contribution in [0.25, 0.3) is 0 Å². The third kappa shape index (κ3) is 4.24. The van der Waals surface area contributed by atoms with Gasteiger partial charge in [-0.15, -0.1) is 22.7 Å². The molecule has 3 rings (SSSR count). The van der Waals surface area contributed by atoms with Crippen LogP contribution in [0, 0.1) is 0 Å². The molecule has 5 heteroatoms. The van der Waals surface area contributed by atoms with Crippen molar-refractivity contribution in [3.05, 3.63) is 74.9 Å². The minimum atomic E-state index is -0.456. The van der Waals surface area contributed by atoms with E-state index in [-0.39, 0.29) is 0 Å². The SMILES string of the molecule is O[C@@H](CN(Cc1ccccc1)Cc1cscn1)c1cccs1. The lowest BCUT2D eigenvalue weighted by molar-refractivity contribution is 0.107. The molecule has 2 aromatic heterocycles. The van der Waals surface area contributed by atoms with Gasteiger partial charge in [-0.1, -0.05) is 36.4 Å². The largest absolute Gasteiger partial charge is 0.386 e. The van der Waals surface area contributed by atoms with Crippen LogP contribution in [0.4, 0.5) is 0 Å². The van der Waals surface area contributed by atoms with E-state index in [4.69, 9.17) is 0 Å². The number of aliphatic hydroxyl groups excluding tert-OH is 1. The Hall–Kier alpha value is -1.53. The number of benzene rings is 1. The predicted octanol–water partition coefficient (Wildman–Crippen LogP) is 3.94. The van der Waals surface area contributed by atoms with Gasteiger partial charge in [0.15, 0.2) is 0 Å². The van der Waals surface area contributed by atoms with Crippen molar-refractivity contribution in [2.45, 2.75) is 19.2 Å². The Balaban J connectivity index is 1.70. The summed E-state index contributed by atoms with van der Waals surface area (Å²) in [5, 5.41) is 14.5. The molecule has 114 valence electrons. The van der Waals surface area contributed by atoms with Gasteiger partial charge in [0.2, 0.25) is 0 Å². The van der Waals surface area contributed by atoms with E-state index in [0.29, 0.717) is 6.54 Å². The standard InChI is InChI=1S/C17H18N2OS2/c20-16(17-7-4-8-22-17)11-19(10-15-12-21-13-18-15)9-14-5-2-1-3-6-14/h1-8,12-13,16,20H,9-11H2/t16-/m0/s1. The first-order valence-electron chi connectivity index (χ1n) is 7.16. The summed E-state index contributed by atoms with van der Waals surface area (Å²) in [7, 11) is 0. The van der Waals surface area contributed by atoms with Gasteiger partial charge in [-0.25, -0.2) is 4.98 Å². The first-order chi connectivity index (χ1) is 10.8. The number of aliphatic hydroxyl groups is 1. The molecule has 0 fully saturated rings. The maximum absolute atomic E-state index is 10.4. The van der Waals surface area contributed by atoms with Crippen molar-refractivity contribution in [2.24, 2.45) is 0 Å². The molecular formula is C17H18N2OS2. The van der Waals surface area contributed by atoms with E-state index in [1.54, 1.807) is 22.7 Å². The molecule has 0 radical (unpaired) electrons. The second-order valence-electron chi connectivity index (χ2n) is 5.17. The highest BCUT2D eigenvalue weighted by Crippen LogP contribution is 2.21. The van der Waals surface area contributed by atoms with Gasteiger partial charge in [-0.3, -0.25) is 4.90 Å². The van der Waals surface area contributed by atoms with E-state index in [0.717, 1.165) is 23.7 Å². The predicted molar refractivity (Wildman–Crippen MR) is 91.9 cm³/mol. The van der Waals surface area contributed by atoms with E-state index >= 15 is 0 Å². The Bertz CT molecular complexity index is 653. The first kappa shape index (κ1) is 15.4. The van der Waals surface area contributed by atoms with Crippen molar-refractivity contribution < 1.29 is 5.11 Å². The van der Waals surface area contributed by atoms with Crippen LogP contribution in [0.1, 0.15) is 22.2 Å². The summed E-state index contributed by atoms with van der Waals surface area (Å²) < 4.78 is 0. The molecule has 1 atom stereocenters. The summed E-state index contributed by atoms with van der Waals surface area (Å²) in [5.41, 5.74) is 4.15. The molecule has 3 aromatic rings. The zero-order valence-electron chi connectivity index (χ0n) is 12.1. The average Bonchev–Trinajstić information content (AvgIpc) is 3.21. The summed E-state index contributed by atoms with van der Waals surface area (Å²) in [4.78, 5) is 7.62. The highest BCUT2D eigenvalue weighted by molar-refractivity contribution is 7.10. The van der Waals surface area contributed by atoms with Gasteiger partial charge in [-0.05, 0) is 17.0 Å². The lowest BCUT2D eigenvalue weighted by Gasteiger charge is -2.24. The number of hydrogen-bond acceptors (Lipinski definition) is 5. The minimum absolute atomic E-state index is 0.456. The fourth-order valence-electron chi connectivity index (χ4n) is 2.39. The van der Waals surface area contributed by atoms with Crippen molar-refractivity contribution in [1.82, 2.24) is 9.88 Å². The molecule has 0 saturated heterocycles. The van der Waals surface area contributed by atoms with Gasteiger partial charge < -0.3 is 5.11 Å². The summed E-state index contributed by atoms with van der Waals surface area (Å²) in [6.07, 6.45) is -0.456. The number of hydrogen-bond donors (Lipinski definition) is 1. The van der Waals surface area contributed by atoms with E-state index in [1.165, 1.54) is 5.56 Å². The molecular weight excluding hydrogens is 312 g/mol. The zero-order chi connectivity index (χ0) is 15.2. The van der Waals surface area contributed by atoms with Crippen molar-refractivity contribution in [3.8, 4) is 0 Å². The number of thiazole rings is 1. The number of rotatable bonds is 7. The monoisotopic (exact) mass is 330 g/mol. The van der Waals surface area contributed by atoms with Gasteiger partial charge in [0.05, 0.1) is 11.2 Å². The molecule has 0 saturated carbocycles. The smallest absolute Gasteiger partial charge is 0.101 e. The van der Waals surface area contributed by atoms with Gasteiger partial charge in [0.1, 0.15) is 6.10 Å². The first-order valence-corrected chi connectivity index (χ1v) is 8.98. The Morgan fingerprint density at radius 1 is 1.09 bits per heavy atom. The molecule has 0 spiro atoms. The third-order valence-electron chi connectivity index (χ3n) is 3.42. The van der Waals surface area contributed by atoms with E-state index in [1.807, 2.05) is 41.2 Å². The molecule has 0 aliphatic heterocycles. The van der Waals surface area contributed by atoms with Crippen LogP contribution in [0.2, 0.25) is 0 Å². The third-order valence-corrected chi connectivity index (χ3v) is 5.03. The Labute approximate surface area is 138 Å². The van der Waals surface area contributed by atoms with Gasteiger partial charge in [-0.2, -0.15) is 0 Å². The van der Waals surface area contributed by atoms with Crippen LogP contribution < -0.4 is 0 Å². The fraction of sp³-hybridized carbons (Fsp3) is 0.235. The molecule has 1 N–H and O–H groups in total. The molecule has 3 nitrogen and oxygen atoms in total. The minimum Gasteiger partial charge on any atom is -0.386 e. The fourth-order valence-corrected chi connectivity index (χ4v) is 3.64. The van der Waals surface area contributed by atoms with Gasteiger partial charge in [0.25, 0.3) is 0 Å². The summed E-state index contributed by atoms with van der Waals surface area (Å²) in [5.74, 6) is 0. The second kappa shape index (κ2) is 7.65. The maximum Gasteiger partial charge on any atom is 0.101 e. The van der Waals surface area contributed by atoms with Crippen LogP contribution in [0.3, 0.4) is 0 Å². The van der Waals surface area contributed by atoms with Crippen molar-refractivity contribution >= 4 is 22.7 Å². The van der Waals surface area contributed by atoms with Crippen molar-refractivity contribution in [1.29, 1.82) is 0 Å². The lowest BCUT2D eigenvalue weighted by atomic mass is 10.2. The molecule has 22 heavy (non-hydrogen) atoms. The molecule has 2 heterocycles. The Kier molecular flexibility index (Phi) is 5.34. The van der Waals surface area contributed by atoms with Crippen LogP contribution in [-0.4, -0.2) is 21.5 Å². The summed E-state index contributed by atoms with van der Waals surface area (Å²) in [6, 6.07) is 14.3. The van der Waals surface area contributed by atoms with Gasteiger partial charge >= 0.3 is 0 Å². The van der Waals surface area contributed by atoms with E-state index in [9.17, 15) is 5.11 Å². The van der Waals surface area contributed by atoms with Gasteiger partial charge in [0, 0.05) is 29.9 Å². The molecule has 0 aliphatic rings. The average molecular weight is 330 g/mol. The van der Waals surface area contributed by atoms with Crippen LogP contribution in [-0.2, 0) is 13.1 Å². The molecule has 0 aliphatic carbocycles. The quantitative estimate of drug-likeness (QED) is 0.713. The summed E-state index contributed by atoms with van der Waals surface area (Å²) >= 11 is 3.20. The number of nitrogens with zero attached hydrogens (tertiary/aromatic N) is 2. The van der Waals surface area contributed by atoms with Crippen LogP contribution in [0.5, 0.6) is 0 Å². The molecule has 0 amide bonds. The van der Waals surface area contributed by atoms with Crippen LogP contribution in [0.15, 0.2) is 58.7 Å². The lowest BCUT2D eigenvalue weighted by Crippen LogP contribution is -2.28. The molecule has 0 unspecified atom stereocenters. The highest BCUT2D eigenvalue weighted by atomic mass is 32.1. The second-order valence-corrected chi connectivity index (χ2v) is 6.86. The Morgan fingerprint density at radius 2 is 1.95 bits per heavy atom.